The van der Waals surface area contributed by atoms with Crippen LogP contribution >= 0.6 is 0 Å². The molecule has 0 spiro atoms. The van der Waals surface area contributed by atoms with Gasteiger partial charge in [0, 0.05) is 0 Å². The van der Waals surface area contributed by atoms with Crippen molar-refractivity contribution in [3.8, 4) is 0 Å². The van der Waals surface area contributed by atoms with Gasteiger partial charge >= 0.3 is 29.6 Å². The molecule has 0 aliphatic heterocycles. The molecule has 0 fully saturated rings. The summed E-state index contributed by atoms with van der Waals surface area (Å²) in [4.78, 5) is 0. The molecule has 0 aromatic rings. The molecule has 0 bridgehead atoms. The van der Waals surface area contributed by atoms with Crippen LogP contribution in [-0.4, -0.2) is 30.7 Å². The summed E-state index contributed by atoms with van der Waals surface area (Å²) in [5, 5.41) is 0. The van der Waals surface area contributed by atoms with Gasteiger partial charge in [-0.05, 0) is 13.0 Å². The summed E-state index contributed by atoms with van der Waals surface area (Å²) >= 11 is 0. The van der Waals surface area contributed by atoms with Crippen molar-refractivity contribution < 1.29 is 48.0 Å². The van der Waals surface area contributed by atoms with Gasteiger partial charge in [0.1, 0.15) is 0 Å². The Hall–Kier alpha value is 0.830. The molecule has 0 saturated carbocycles. The van der Waals surface area contributed by atoms with Crippen LogP contribution in [0.5, 0.6) is 0 Å². The van der Waals surface area contributed by atoms with Gasteiger partial charge in [-0.25, -0.2) is 0 Å². The molecule has 0 aliphatic rings. The number of hydrogen-bond acceptors (Lipinski definition) is 3. The van der Waals surface area contributed by atoms with E-state index in [1.165, 1.54) is 0 Å². The quantitative estimate of drug-likeness (QED) is 0.336. The Labute approximate surface area is 82.3 Å². The Bertz CT molecular complexity index is 145. The molecule has 0 amide bonds. The standard InChI is InChI=1S/C3H9NO3S.Na.H2O/c4-2-1-3-8(5,6)7;;/h1-4H2,(H,5,6,7);;1H2/q;+1;. The molecule has 7 heteroatoms. The zero-order valence-electron chi connectivity index (χ0n) is 5.87. The maximum Gasteiger partial charge on any atom is 1.00 e. The fourth-order valence-electron chi connectivity index (χ4n) is 0.266. The summed E-state index contributed by atoms with van der Waals surface area (Å²) in [6, 6.07) is 0. The average molecular weight is 180 g/mol. The van der Waals surface area contributed by atoms with Crippen molar-refractivity contribution in [3.05, 3.63) is 0 Å². The predicted octanol–water partition coefficient (Wildman–Crippen LogP) is -4.60. The Morgan fingerprint density at radius 2 is 1.80 bits per heavy atom. The predicted molar refractivity (Wildman–Crippen MR) is 33.7 cm³/mol. The third kappa shape index (κ3) is 15.9. The van der Waals surface area contributed by atoms with Crippen molar-refractivity contribution in [2.24, 2.45) is 5.73 Å². The van der Waals surface area contributed by atoms with Crippen molar-refractivity contribution in [2.75, 3.05) is 12.3 Å². The molecule has 0 atom stereocenters. The van der Waals surface area contributed by atoms with Crippen LogP contribution in [-0.2, 0) is 10.1 Å². The largest absolute Gasteiger partial charge is 1.00 e. The van der Waals surface area contributed by atoms with Gasteiger partial charge in [-0.15, -0.1) is 0 Å². The van der Waals surface area contributed by atoms with Crippen LogP contribution in [0.3, 0.4) is 0 Å². The van der Waals surface area contributed by atoms with Crippen molar-refractivity contribution >= 4 is 10.1 Å². The minimum Gasteiger partial charge on any atom is -0.412 e. The smallest absolute Gasteiger partial charge is 0.412 e. The second-order valence-corrected chi connectivity index (χ2v) is 3.00. The summed E-state index contributed by atoms with van der Waals surface area (Å²) in [6.07, 6.45) is 0.318. The molecule has 10 heavy (non-hydrogen) atoms. The first-order chi connectivity index (χ1) is 3.56. The van der Waals surface area contributed by atoms with E-state index in [9.17, 15) is 8.42 Å². The van der Waals surface area contributed by atoms with E-state index in [0.717, 1.165) is 0 Å². The van der Waals surface area contributed by atoms with E-state index in [-0.39, 0.29) is 40.8 Å². The Balaban J connectivity index is -0.000000245. The van der Waals surface area contributed by atoms with Crippen molar-refractivity contribution in [1.29, 1.82) is 0 Å². The Morgan fingerprint density at radius 1 is 1.40 bits per heavy atom. The second kappa shape index (κ2) is 7.93. The first-order valence-corrected chi connectivity index (χ1v) is 3.82. The zero-order chi connectivity index (χ0) is 6.62. The zero-order valence-corrected chi connectivity index (χ0v) is 8.69. The summed E-state index contributed by atoms with van der Waals surface area (Å²) in [5.41, 5.74) is 4.96. The Morgan fingerprint density at radius 3 is 1.90 bits per heavy atom. The van der Waals surface area contributed by atoms with Crippen LogP contribution in [0.2, 0.25) is 0 Å². The molecular formula is C3H11NNaO4S+. The first kappa shape index (κ1) is 17.1. The van der Waals surface area contributed by atoms with E-state index in [4.69, 9.17) is 10.3 Å². The van der Waals surface area contributed by atoms with Crippen LogP contribution in [0.4, 0.5) is 0 Å². The van der Waals surface area contributed by atoms with E-state index < -0.39 is 10.1 Å². The maximum absolute atomic E-state index is 9.89. The van der Waals surface area contributed by atoms with Crippen LogP contribution in [0.15, 0.2) is 0 Å². The third-order valence-corrected chi connectivity index (χ3v) is 1.41. The fourth-order valence-corrected chi connectivity index (χ4v) is 0.797. The average Bonchev–Trinajstić information content (AvgIpc) is 1.59. The first-order valence-electron chi connectivity index (χ1n) is 2.21. The topological polar surface area (TPSA) is 112 Å². The van der Waals surface area contributed by atoms with Crippen molar-refractivity contribution in [1.82, 2.24) is 0 Å². The SMILES string of the molecule is NCCCS(=O)(=O)O.O.[Na+]. The van der Waals surface area contributed by atoms with Crippen molar-refractivity contribution in [3.63, 3.8) is 0 Å². The summed E-state index contributed by atoms with van der Waals surface area (Å²) in [6.45, 7) is 0.291. The molecule has 0 radical (unpaired) electrons. The van der Waals surface area contributed by atoms with E-state index in [2.05, 4.69) is 0 Å². The molecule has 0 aromatic carbocycles. The molecule has 5 N–H and O–H groups in total. The molecule has 5 nitrogen and oxygen atoms in total. The van der Waals surface area contributed by atoms with Gasteiger partial charge in [-0.3, -0.25) is 4.55 Å². The maximum atomic E-state index is 9.89. The molecule has 0 saturated heterocycles. The number of nitrogens with two attached hydrogens (primary N) is 1. The van der Waals surface area contributed by atoms with E-state index in [1.54, 1.807) is 0 Å². The minimum atomic E-state index is -3.77. The van der Waals surface area contributed by atoms with Crippen LogP contribution in [0, 0.1) is 0 Å². The molecule has 0 aromatic heterocycles. The summed E-state index contributed by atoms with van der Waals surface area (Å²) < 4.78 is 27.8. The second-order valence-electron chi connectivity index (χ2n) is 1.43. The van der Waals surface area contributed by atoms with Gasteiger partial charge in [0.15, 0.2) is 0 Å². The van der Waals surface area contributed by atoms with Gasteiger partial charge in [-0.2, -0.15) is 8.42 Å². The Kier molecular flexibility index (Phi) is 13.5. The van der Waals surface area contributed by atoms with Crippen molar-refractivity contribution in [2.45, 2.75) is 6.42 Å². The number of rotatable bonds is 3. The fraction of sp³-hybridized carbons (Fsp3) is 1.00. The molecule has 0 rings (SSSR count). The molecule has 58 valence electrons. The number of hydrogen-bond donors (Lipinski definition) is 2. The van der Waals surface area contributed by atoms with Gasteiger partial charge in [0.2, 0.25) is 0 Å². The van der Waals surface area contributed by atoms with E-state index >= 15 is 0 Å². The van der Waals surface area contributed by atoms with Crippen LogP contribution in [0.1, 0.15) is 6.42 Å². The molecule has 0 heterocycles. The normalized spacial score (nSPS) is 9.40. The third-order valence-electron chi connectivity index (χ3n) is 0.606. The minimum absolute atomic E-state index is 0. The van der Waals surface area contributed by atoms with E-state index in [0.29, 0.717) is 13.0 Å². The van der Waals surface area contributed by atoms with Crippen LogP contribution < -0.4 is 35.3 Å². The van der Waals surface area contributed by atoms with Gasteiger partial charge in [-0.1, -0.05) is 0 Å². The van der Waals surface area contributed by atoms with Gasteiger partial charge in [0.05, 0.1) is 5.75 Å². The molecule has 0 unspecified atom stereocenters. The van der Waals surface area contributed by atoms with Crippen LogP contribution in [0.25, 0.3) is 0 Å². The molecular weight excluding hydrogens is 169 g/mol. The monoisotopic (exact) mass is 180 g/mol. The van der Waals surface area contributed by atoms with Gasteiger partial charge in [0.25, 0.3) is 10.1 Å². The van der Waals surface area contributed by atoms with Gasteiger partial charge < -0.3 is 11.2 Å². The molecule has 0 aliphatic carbocycles. The summed E-state index contributed by atoms with van der Waals surface area (Å²) in [5.74, 6) is -0.233. The van der Waals surface area contributed by atoms with E-state index in [1.807, 2.05) is 0 Å². The summed E-state index contributed by atoms with van der Waals surface area (Å²) in [7, 11) is -3.77.